The molecule has 6 rings (SSSR count). The lowest BCUT2D eigenvalue weighted by Crippen LogP contribution is -2.52. The molecule has 0 spiro atoms. The van der Waals surface area contributed by atoms with Gasteiger partial charge in [-0.15, -0.1) is 0 Å². The molecule has 0 saturated carbocycles. The highest BCUT2D eigenvalue weighted by Crippen LogP contribution is 2.39. The molecule has 1 N–H and O–H groups in total. The first kappa shape index (κ1) is 23.1. The van der Waals surface area contributed by atoms with Crippen LogP contribution in [0.1, 0.15) is 29.5 Å². The molecule has 1 aromatic heterocycles. The Labute approximate surface area is 213 Å². The average molecular weight is 483 g/mol. The van der Waals surface area contributed by atoms with E-state index in [0.29, 0.717) is 36.7 Å². The van der Waals surface area contributed by atoms with Crippen molar-refractivity contribution in [3.63, 3.8) is 0 Å². The second-order valence-corrected chi connectivity index (χ2v) is 10.5. The molecule has 7 heteroatoms. The van der Waals surface area contributed by atoms with Crippen LogP contribution in [0.4, 0.5) is 11.5 Å². The summed E-state index contributed by atoms with van der Waals surface area (Å²) in [6.45, 7) is 4.80. The maximum Gasteiger partial charge on any atom is 0.234 e. The largest absolute Gasteiger partial charge is 0.475 e. The van der Waals surface area contributed by atoms with E-state index in [2.05, 4.69) is 68.6 Å². The van der Waals surface area contributed by atoms with Crippen molar-refractivity contribution in [3.05, 3.63) is 59.2 Å². The van der Waals surface area contributed by atoms with Crippen LogP contribution in [0.3, 0.4) is 0 Å². The Balaban J connectivity index is 1.41. The van der Waals surface area contributed by atoms with Gasteiger partial charge in [0.25, 0.3) is 0 Å². The number of rotatable bonds is 6. The molecule has 3 aliphatic heterocycles. The summed E-state index contributed by atoms with van der Waals surface area (Å²) in [6, 6.07) is 18.5. The summed E-state index contributed by atoms with van der Waals surface area (Å²) < 4.78 is 6.18. The zero-order valence-corrected chi connectivity index (χ0v) is 21.2. The summed E-state index contributed by atoms with van der Waals surface area (Å²) in [6.07, 6.45) is 3.31. The van der Waals surface area contributed by atoms with Gasteiger partial charge in [0.15, 0.2) is 0 Å². The summed E-state index contributed by atoms with van der Waals surface area (Å²) in [5.74, 6) is 1.51. The van der Waals surface area contributed by atoms with E-state index < -0.39 is 0 Å². The predicted octanol–water partition coefficient (Wildman–Crippen LogP) is 3.55. The van der Waals surface area contributed by atoms with E-state index in [0.717, 1.165) is 44.0 Å². The van der Waals surface area contributed by atoms with Gasteiger partial charge in [-0.3, -0.25) is 0 Å². The third-order valence-corrected chi connectivity index (χ3v) is 7.85. The number of nitrogens with zero attached hydrogens (tertiary/aromatic N) is 5. The first-order chi connectivity index (χ1) is 17.6. The van der Waals surface area contributed by atoms with Crippen LogP contribution >= 0.6 is 0 Å². The van der Waals surface area contributed by atoms with Crippen molar-refractivity contribution in [2.75, 3.05) is 56.7 Å². The molecular weight excluding hydrogens is 448 g/mol. The van der Waals surface area contributed by atoms with Crippen LogP contribution in [-0.4, -0.2) is 68.8 Å². The van der Waals surface area contributed by atoms with Gasteiger partial charge in [0, 0.05) is 67.0 Å². The number of nitrogens with one attached hydrogen (secondary N) is 1. The Morgan fingerprint density at radius 3 is 2.61 bits per heavy atom. The van der Waals surface area contributed by atoms with Crippen LogP contribution in [-0.2, 0) is 13.0 Å². The van der Waals surface area contributed by atoms with Gasteiger partial charge in [-0.05, 0) is 44.8 Å². The first-order valence-electron chi connectivity index (χ1n) is 13.1. The van der Waals surface area contributed by atoms with Crippen molar-refractivity contribution in [2.45, 2.75) is 37.9 Å². The number of anilines is 2. The standard InChI is InChI=1S/C29H34N6O/c1-33(2)14-15-36-29-25(16-30)26-19-34(27-9-5-7-20-6-3-4-8-23(20)27)13-12-24(26)28(32-29)35-17-21-10-11-22(18-35)31-21/h3-9,21-22,31H,10-15,17-19H2,1-2H3. The van der Waals surface area contributed by atoms with E-state index in [-0.39, 0.29) is 0 Å². The second kappa shape index (κ2) is 9.61. The minimum atomic E-state index is 0.485. The molecule has 0 aliphatic carbocycles. The number of ether oxygens (including phenoxy) is 1. The molecule has 36 heavy (non-hydrogen) atoms. The van der Waals surface area contributed by atoms with Crippen molar-refractivity contribution < 1.29 is 4.74 Å². The fourth-order valence-corrected chi connectivity index (χ4v) is 6.05. The lowest BCUT2D eigenvalue weighted by atomic mass is 9.94. The number of likely N-dealkylation sites (N-methyl/N-ethyl adjacent to an activating group) is 1. The highest BCUT2D eigenvalue weighted by atomic mass is 16.5. The van der Waals surface area contributed by atoms with Crippen molar-refractivity contribution in [2.24, 2.45) is 0 Å². The van der Waals surface area contributed by atoms with Crippen molar-refractivity contribution in [3.8, 4) is 11.9 Å². The summed E-state index contributed by atoms with van der Waals surface area (Å²) in [5, 5.41) is 16.5. The minimum absolute atomic E-state index is 0.485. The first-order valence-corrected chi connectivity index (χ1v) is 13.1. The van der Waals surface area contributed by atoms with Gasteiger partial charge in [-0.2, -0.15) is 10.2 Å². The number of benzene rings is 2. The predicted molar refractivity (Wildman–Crippen MR) is 144 cm³/mol. The number of piperazine rings is 1. The molecule has 2 fully saturated rings. The number of nitriles is 1. The normalized spacial score (nSPS) is 21.1. The zero-order chi connectivity index (χ0) is 24.6. The van der Waals surface area contributed by atoms with Gasteiger partial charge in [-0.25, -0.2) is 0 Å². The summed E-state index contributed by atoms with van der Waals surface area (Å²) in [5.41, 5.74) is 4.11. The quantitative estimate of drug-likeness (QED) is 0.576. The molecule has 4 heterocycles. The summed E-state index contributed by atoms with van der Waals surface area (Å²) >= 11 is 0. The monoisotopic (exact) mass is 482 g/mol. The van der Waals surface area contributed by atoms with Gasteiger partial charge in [0.05, 0.1) is 0 Å². The average Bonchev–Trinajstić information content (AvgIpc) is 3.24. The summed E-state index contributed by atoms with van der Waals surface area (Å²) in [4.78, 5) is 12.0. The van der Waals surface area contributed by atoms with Crippen molar-refractivity contribution >= 4 is 22.3 Å². The molecule has 7 nitrogen and oxygen atoms in total. The lowest BCUT2D eigenvalue weighted by Gasteiger charge is -2.38. The van der Waals surface area contributed by atoms with Crippen LogP contribution < -0.4 is 19.9 Å². The third kappa shape index (κ3) is 4.25. The Hall–Kier alpha value is -3.34. The number of hydrogen-bond acceptors (Lipinski definition) is 7. The van der Waals surface area contributed by atoms with Crippen LogP contribution in [0.15, 0.2) is 42.5 Å². The fourth-order valence-electron chi connectivity index (χ4n) is 6.05. The number of aromatic nitrogens is 1. The van der Waals surface area contributed by atoms with Gasteiger partial charge in [0.2, 0.25) is 5.88 Å². The van der Waals surface area contributed by atoms with E-state index in [1.54, 1.807) is 0 Å². The fraction of sp³-hybridized carbons (Fsp3) is 0.448. The maximum absolute atomic E-state index is 10.3. The molecule has 0 radical (unpaired) electrons. The molecular formula is C29H34N6O. The molecule has 3 aliphatic rings. The van der Waals surface area contributed by atoms with Crippen molar-refractivity contribution in [1.29, 1.82) is 5.26 Å². The van der Waals surface area contributed by atoms with E-state index in [4.69, 9.17) is 9.72 Å². The van der Waals surface area contributed by atoms with E-state index in [9.17, 15) is 5.26 Å². The number of fused-ring (bicyclic) bond motifs is 4. The highest BCUT2D eigenvalue weighted by Gasteiger charge is 2.36. The smallest absolute Gasteiger partial charge is 0.234 e. The van der Waals surface area contributed by atoms with Crippen LogP contribution in [0.25, 0.3) is 10.8 Å². The van der Waals surface area contributed by atoms with Gasteiger partial charge >= 0.3 is 0 Å². The number of pyridine rings is 1. The third-order valence-electron chi connectivity index (χ3n) is 7.85. The Bertz CT molecular complexity index is 1300. The van der Waals surface area contributed by atoms with Crippen molar-refractivity contribution in [1.82, 2.24) is 15.2 Å². The minimum Gasteiger partial charge on any atom is -0.475 e. The van der Waals surface area contributed by atoms with Crippen LogP contribution in [0.5, 0.6) is 5.88 Å². The molecule has 186 valence electrons. The Morgan fingerprint density at radius 1 is 1.06 bits per heavy atom. The Kier molecular flexibility index (Phi) is 6.16. The molecule has 2 bridgehead atoms. The van der Waals surface area contributed by atoms with Gasteiger partial charge in [-0.1, -0.05) is 36.4 Å². The maximum atomic E-state index is 10.3. The second-order valence-electron chi connectivity index (χ2n) is 10.5. The van der Waals surface area contributed by atoms with E-state index in [1.807, 2.05) is 14.1 Å². The lowest BCUT2D eigenvalue weighted by molar-refractivity contribution is 0.253. The summed E-state index contributed by atoms with van der Waals surface area (Å²) in [7, 11) is 4.05. The molecule has 2 unspecified atom stereocenters. The van der Waals surface area contributed by atoms with Gasteiger partial charge < -0.3 is 24.8 Å². The highest BCUT2D eigenvalue weighted by molar-refractivity contribution is 5.94. The molecule has 3 aromatic rings. The van der Waals surface area contributed by atoms with Gasteiger partial charge in [0.1, 0.15) is 24.1 Å². The molecule has 2 saturated heterocycles. The van der Waals surface area contributed by atoms with E-state index in [1.165, 1.54) is 34.9 Å². The number of hydrogen-bond donors (Lipinski definition) is 1. The van der Waals surface area contributed by atoms with E-state index >= 15 is 0 Å². The zero-order valence-electron chi connectivity index (χ0n) is 21.2. The molecule has 2 aromatic carbocycles. The molecule has 2 atom stereocenters. The SMILES string of the molecule is CN(C)CCOc1nc(N2CC3CCC(C2)N3)c2c(c1C#N)CN(c1cccc3ccccc13)CC2. The topological polar surface area (TPSA) is 67.7 Å². The Morgan fingerprint density at radius 2 is 1.83 bits per heavy atom. The molecule has 0 amide bonds. The van der Waals surface area contributed by atoms with Crippen LogP contribution in [0.2, 0.25) is 0 Å². The van der Waals surface area contributed by atoms with Crippen LogP contribution in [0, 0.1) is 11.3 Å².